The maximum atomic E-state index is 13.1. The first-order valence-electron chi connectivity index (χ1n) is 6.42. The third-order valence-electron chi connectivity index (χ3n) is 3.13. The van der Waals surface area contributed by atoms with Gasteiger partial charge in [0.2, 0.25) is 0 Å². The highest BCUT2D eigenvalue weighted by Crippen LogP contribution is 2.48. The van der Waals surface area contributed by atoms with Crippen LogP contribution in [-0.4, -0.2) is 22.1 Å². The molecule has 1 unspecified atom stereocenters. The summed E-state index contributed by atoms with van der Waals surface area (Å²) < 4.78 is 39.3. The summed E-state index contributed by atoms with van der Waals surface area (Å²) >= 11 is 0.522. The Morgan fingerprint density at radius 2 is 1.87 bits per heavy atom. The Labute approximate surface area is 133 Å². The van der Waals surface area contributed by atoms with Crippen molar-refractivity contribution in [3.63, 3.8) is 0 Å². The fraction of sp³-hybridized carbons (Fsp3) is 0.500. The molecule has 0 aliphatic carbocycles. The molecule has 128 valence electrons. The van der Waals surface area contributed by atoms with Gasteiger partial charge in [-0.1, -0.05) is 6.92 Å². The van der Waals surface area contributed by atoms with E-state index in [9.17, 15) is 33.4 Å². The Morgan fingerprint density at radius 1 is 1.30 bits per heavy atom. The summed E-state index contributed by atoms with van der Waals surface area (Å²) in [5.74, 6) is 0. The molecule has 0 saturated carbocycles. The quantitative estimate of drug-likeness (QED) is 0.461. The molecule has 0 aliphatic heterocycles. The molecule has 7 nitrogen and oxygen atoms in total. The van der Waals surface area contributed by atoms with Gasteiger partial charge in [0.05, 0.1) is 20.3 Å². The number of rotatable bonds is 6. The summed E-state index contributed by atoms with van der Waals surface area (Å²) in [6.45, 7) is 3.35. The number of alkyl halides is 3. The molecule has 0 saturated heterocycles. The normalized spacial score (nSPS) is 12.8. The number of nitro benzene ring substituents is 2. The van der Waals surface area contributed by atoms with Crippen LogP contribution in [0.3, 0.4) is 0 Å². The second-order valence-electron chi connectivity index (χ2n) is 4.67. The Morgan fingerprint density at radius 3 is 2.22 bits per heavy atom. The molecule has 1 aromatic rings. The maximum absolute atomic E-state index is 13.1. The number of thioether (sulfide) groups is 1. The van der Waals surface area contributed by atoms with Crippen molar-refractivity contribution in [2.75, 3.05) is 11.6 Å². The van der Waals surface area contributed by atoms with Gasteiger partial charge >= 0.3 is 11.9 Å². The van der Waals surface area contributed by atoms with Crippen LogP contribution in [0.25, 0.3) is 0 Å². The molecule has 23 heavy (non-hydrogen) atoms. The minimum atomic E-state index is -4.94. The van der Waals surface area contributed by atoms with Gasteiger partial charge in [-0.25, -0.2) is 0 Å². The smallest absolute Gasteiger partial charge is 0.371 e. The number of halogens is 3. The molecule has 0 aromatic heterocycles. The van der Waals surface area contributed by atoms with E-state index < -0.39 is 43.5 Å². The monoisotopic (exact) mass is 353 g/mol. The predicted octanol–water partition coefficient (Wildman–Crippen LogP) is 4.45. The number of nitro groups is 2. The van der Waals surface area contributed by atoms with Crippen molar-refractivity contribution in [1.29, 1.82) is 0 Å². The van der Waals surface area contributed by atoms with Gasteiger partial charge in [-0.15, -0.1) is 11.8 Å². The van der Waals surface area contributed by atoms with Crippen molar-refractivity contribution >= 4 is 28.8 Å². The number of hydrogen-bond donors (Lipinski definition) is 1. The van der Waals surface area contributed by atoms with Crippen LogP contribution in [0, 0.1) is 20.2 Å². The van der Waals surface area contributed by atoms with Crippen LogP contribution in [0.1, 0.15) is 25.8 Å². The van der Waals surface area contributed by atoms with Gasteiger partial charge < -0.3 is 5.32 Å². The summed E-state index contributed by atoms with van der Waals surface area (Å²) in [5.41, 5.74) is -3.80. The van der Waals surface area contributed by atoms with Crippen LogP contribution in [0.15, 0.2) is 11.0 Å². The van der Waals surface area contributed by atoms with Gasteiger partial charge in [0, 0.05) is 12.1 Å². The molecule has 0 bridgehead atoms. The molecule has 1 atom stereocenters. The molecule has 0 heterocycles. The SMILES string of the molecule is CCC(C)Nc1c([N+](=O)[O-])cc(C(F)(F)F)c(SC)c1[N+](=O)[O-]. The highest BCUT2D eigenvalue weighted by molar-refractivity contribution is 7.98. The maximum Gasteiger partial charge on any atom is 0.417 e. The Hall–Kier alpha value is -2.04. The lowest BCUT2D eigenvalue weighted by atomic mass is 10.1. The van der Waals surface area contributed by atoms with E-state index in [4.69, 9.17) is 0 Å². The van der Waals surface area contributed by atoms with Crippen LogP contribution in [0.5, 0.6) is 0 Å². The van der Waals surface area contributed by atoms with Gasteiger partial charge in [-0.3, -0.25) is 20.2 Å². The van der Waals surface area contributed by atoms with Gasteiger partial charge in [0.15, 0.2) is 5.69 Å². The van der Waals surface area contributed by atoms with E-state index in [1.807, 2.05) is 0 Å². The molecule has 1 N–H and O–H groups in total. The number of anilines is 1. The topological polar surface area (TPSA) is 98.3 Å². The Kier molecular flexibility index (Phi) is 5.81. The van der Waals surface area contributed by atoms with Gasteiger partial charge in [-0.2, -0.15) is 13.2 Å². The second-order valence-corrected chi connectivity index (χ2v) is 5.48. The lowest BCUT2D eigenvalue weighted by molar-refractivity contribution is -0.394. The fourth-order valence-electron chi connectivity index (χ4n) is 1.86. The lowest BCUT2D eigenvalue weighted by Crippen LogP contribution is -2.18. The minimum absolute atomic E-state index is 0.337. The summed E-state index contributed by atoms with van der Waals surface area (Å²) in [7, 11) is 0. The van der Waals surface area contributed by atoms with Crippen molar-refractivity contribution in [2.24, 2.45) is 0 Å². The third-order valence-corrected chi connectivity index (χ3v) is 3.95. The van der Waals surface area contributed by atoms with Crippen molar-refractivity contribution in [3.8, 4) is 0 Å². The summed E-state index contributed by atoms with van der Waals surface area (Å²) in [5, 5.41) is 25.0. The highest BCUT2D eigenvalue weighted by Gasteiger charge is 2.42. The van der Waals surface area contributed by atoms with Crippen LogP contribution in [0.2, 0.25) is 0 Å². The lowest BCUT2D eigenvalue weighted by Gasteiger charge is -2.17. The predicted molar refractivity (Wildman–Crippen MR) is 79.9 cm³/mol. The van der Waals surface area contributed by atoms with Crippen molar-refractivity contribution in [2.45, 2.75) is 37.4 Å². The highest BCUT2D eigenvalue weighted by atomic mass is 32.2. The number of hydrogen-bond acceptors (Lipinski definition) is 6. The molecular weight excluding hydrogens is 339 g/mol. The van der Waals surface area contributed by atoms with E-state index in [2.05, 4.69) is 5.32 Å². The van der Waals surface area contributed by atoms with Crippen LogP contribution >= 0.6 is 11.8 Å². The second kappa shape index (κ2) is 7.02. The first-order valence-corrected chi connectivity index (χ1v) is 7.64. The Bertz CT molecular complexity index is 637. The number of nitrogens with one attached hydrogen (secondary N) is 1. The van der Waals surface area contributed by atoms with Crippen LogP contribution in [-0.2, 0) is 6.18 Å². The van der Waals surface area contributed by atoms with Crippen LogP contribution in [0.4, 0.5) is 30.2 Å². The zero-order valence-corrected chi connectivity index (χ0v) is 13.2. The summed E-state index contributed by atoms with van der Waals surface area (Å²) in [6, 6.07) is -0.0531. The average molecular weight is 353 g/mol. The molecular formula is C12H14F3N3O4S. The molecule has 11 heteroatoms. The van der Waals surface area contributed by atoms with E-state index in [0.717, 1.165) is 0 Å². The van der Waals surface area contributed by atoms with Crippen molar-refractivity contribution < 1.29 is 23.0 Å². The Balaban J connectivity index is 3.85. The van der Waals surface area contributed by atoms with Gasteiger partial charge in [0.25, 0.3) is 5.69 Å². The third kappa shape index (κ3) is 4.03. The van der Waals surface area contributed by atoms with Crippen molar-refractivity contribution in [3.05, 3.63) is 31.9 Å². The molecule has 0 fully saturated rings. The zero-order valence-electron chi connectivity index (χ0n) is 12.4. The summed E-state index contributed by atoms with van der Waals surface area (Å²) in [6.07, 6.45) is -3.22. The van der Waals surface area contributed by atoms with Crippen LogP contribution < -0.4 is 5.32 Å². The van der Waals surface area contributed by atoms with E-state index in [1.54, 1.807) is 13.8 Å². The summed E-state index contributed by atoms with van der Waals surface area (Å²) in [4.78, 5) is 19.7. The fourth-order valence-corrected chi connectivity index (χ4v) is 2.63. The van der Waals surface area contributed by atoms with E-state index >= 15 is 0 Å². The molecule has 0 amide bonds. The first-order chi connectivity index (χ1) is 10.5. The van der Waals surface area contributed by atoms with Crippen molar-refractivity contribution in [1.82, 2.24) is 0 Å². The standard InChI is InChI=1S/C12H14F3N3O4S/c1-4-6(2)16-9-8(17(19)20)5-7(12(13,14)15)11(23-3)10(9)18(21)22/h5-6,16H,4H2,1-3H3. The molecule has 0 radical (unpaired) electrons. The van der Waals surface area contributed by atoms with Gasteiger partial charge in [0.1, 0.15) is 0 Å². The molecule has 0 spiro atoms. The minimum Gasteiger partial charge on any atom is -0.371 e. The van der Waals surface area contributed by atoms with E-state index in [1.165, 1.54) is 6.26 Å². The molecule has 1 aromatic carbocycles. The van der Waals surface area contributed by atoms with Gasteiger partial charge in [-0.05, 0) is 19.6 Å². The molecule has 1 rings (SSSR count). The number of nitrogens with zero attached hydrogens (tertiary/aromatic N) is 2. The average Bonchev–Trinajstić information content (AvgIpc) is 2.43. The largest absolute Gasteiger partial charge is 0.417 e. The molecule has 0 aliphatic rings. The number of benzene rings is 1. The first kappa shape index (κ1) is 19.0. The zero-order chi connectivity index (χ0) is 17.9. The van der Waals surface area contributed by atoms with E-state index in [0.29, 0.717) is 24.2 Å². The van der Waals surface area contributed by atoms with E-state index in [-0.39, 0.29) is 6.04 Å².